The maximum absolute atomic E-state index is 12.8. The highest BCUT2D eigenvalue weighted by molar-refractivity contribution is 9.10. The molecule has 0 fully saturated rings. The van der Waals surface area contributed by atoms with Gasteiger partial charge in [0.2, 0.25) is 10.0 Å². The van der Waals surface area contributed by atoms with Gasteiger partial charge in [-0.2, -0.15) is 0 Å². The number of ether oxygens (including phenoxy) is 2. The number of benzene rings is 2. The van der Waals surface area contributed by atoms with Gasteiger partial charge in [0.25, 0.3) is 0 Å². The fourth-order valence-corrected chi connectivity index (χ4v) is 4.35. The summed E-state index contributed by atoms with van der Waals surface area (Å²) in [5.74, 6) is 1.03. The van der Waals surface area contributed by atoms with Crippen LogP contribution in [0.2, 0.25) is 0 Å². The van der Waals surface area contributed by atoms with E-state index in [1.807, 2.05) is 31.2 Å². The van der Waals surface area contributed by atoms with Gasteiger partial charge >= 0.3 is 0 Å². The highest BCUT2D eigenvalue weighted by Gasteiger charge is 2.24. The van der Waals surface area contributed by atoms with Crippen LogP contribution in [0.3, 0.4) is 0 Å². The summed E-state index contributed by atoms with van der Waals surface area (Å²) in [7, 11) is -0.698. The van der Waals surface area contributed by atoms with Crippen molar-refractivity contribution in [2.45, 2.75) is 24.3 Å². The van der Waals surface area contributed by atoms with E-state index in [0.29, 0.717) is 16.6 Å². The summed E-state index contributed by atoms with van der Waals surface area (Å²) in [5.41, 5.74) is 0.871. The van der Waals surface area contributed by atoms with Crippen molar-refractivity contribution < 1.29 is 17.9 Å². The van der Waals surface area contributed by atoms with Crippen molar-refractivity contribution in [3.05, 3.63) is 52.5 Å². The van der Waals surface area contributed by atoms with Crippen LogP contribution in [-0.4, -0.2) is 22.6 Å². The number of nitrogens with one attached hydrogen (secondary N) is 1. The molecule has 0 saturated heterocycles. The minimum atomic E-state index is -3.74. The standard InChI is InChI=1S/C17H20BrNO4S/c1-4-15(12-5-8-14(22-2)9-6-12)19-24(20,21)17-11-13(18)7-10-16(17)23-3/h5-11,15,19H,4H2,1-3H3/t15-/m1/s1. The summed E-state index contributed by atoms with van der Waals surface area (Å²) in [6, 6.07) is 11.9. The molecule has 0 aliphatic carbocycles. The van der Waals surface area contributed by atoms with Crippen molar-refractivity contribution in [2.24, 2.45) is 0 Å². The average Bonchev–Trinajstić information content (AvgIpc) is 2.59. The monoisotopic (exact) mass is 413 g/mol. The van der Waals surface area contributed by atoms with Crippen LogP contribution < -0.4 is 14.2 Å². The molecule has 0 aliphatic rings. The number of hydrogen-bond acceptors (Lipinski definition) is 4. The normalized spacial score (nSPS) is 12.7. The van der Waals surface area contributed by atoms with Gasteiger partial charge in [0.05, 0.1) is 14.2 Å². The summed E-state index contributed by atoms with van der Waals surface area (Å²) in [6.45, 7) is 1.93. The lowest BCUT2D eigenvalue weighted by Gasteiger charge is -2.19. The fourth-order valence-electron chi connectivity index (χ4n) is 2.33. The first kappa shape index (κ1) is 18.8. The number of sulfonamides is 1. The van der Waals surface area contributed by atoms with Gasteiger partial charge in [0.15, 0.2) is 0 Å². The van der Waals surface area contributed by atoms with Crippen molar-refractivity contribution in [1.82, 2.24) is 4.72 Å². The Bertz CT molecular complexity index is 791. The first-order chi connectivity index (χ1) is 11.4. The molecule has 1 N–H and O–H groups in total. The molecule has 2 rings (SSSR count). The third kappa shape index (κ3) is 4.28. The Morgan fingerprint density at radius 3 is 2.29 bits per heavy atom. The number of rotatable bonds is 7. The molecule has 0 amide bonds. The fraction of sp³-hybridized carbons (Fsp3) is 0.294. The van der Waals surface area contributed by atoms with Gasteiger partial charge < -0.3 is 9.47 Å². The highest BCUT2D eigenvalue weighted by atomic mass is 79.9. The van der Waals surface area contributed by atoms with Crippen LogP contribution in [0.25, 0.3) is 0 Å². The van der Waals surface area contributed by atoms with Crippen molar-refractivity contribution in [2.75, 3.05) is 14.2 Å². The second-order valence-electron chi connectivity index (χ2n) is 5.15. The van der Waals surface area contributed by atoms with Crippen LogP contribution in [0.4, 0.5) is 0 Å². The largest absolute Gasteiger partial charge is 0.497 e. The maximum atomic E-state index is 12.8. The molecule has 0 bridgehead atoms. The molecule has 24 heavy (non-hydrogen) atoms. The third-order valence-electron chi connectivity index (χ3n) is 3.64. The molecule has 0 saturated carbocycles. The van der Waals surface area contributed by atoms with E-state index >= 15 is 0 Å². The number of halogens is 1. The van der Waals surface area contributed by atoms with Crippen molar-refractivity contribution in [1.29, 1.82) is 0 Å². The number of hydrogen-bond donors (Lipinski definition) is 1. The first-order valence-corrected chi connectivity index (χ1v) is 9.68. The maximum Gasteiger partial charge on any atom is 0.244 e. The Morgan fingerprint density at radius 1 is 1.08 bits per heavy atom. The van der Waals surface area contributed by atoms with Crippen LogP contribution in [0.1, 0.15) is 24.9 Å². The second-order valence-corrected chi connectivity index (χ2v) is 7.75. The summed E-state index contributed by atoms with van der Waals surface area (Å²) in [4.78, 5) is 0.103. The lowest BCUT2D eigenvalue weighted by Crippen LogP contribution is -2.28. The molecule has 0 unspecified atom stereocenters. The summed E-state index contributed by atoms with van der Waals surface area (Å²) in [5, 5.41) is 0. The van der Waals surface area contributed by atoms with Crippen LogP contribution >= 0.6 is 15.9 Å². The highest BCUT2D eigenvalue weighted by Crippen LogP contribution is 2.29. The summed E-state index contributed by atoms with van der Waals surface area (Å²) < 4.78 is 39.3. The summed E-state index contributed by atoms with van der Waals surface area (Å²) >= 11 is 3.30. The SMILES string of the molecule is CC[C@@H](NS(=O)(=O)c1cc(Br)ccc1OC)c1ccc(OC)cc1. The Morgan fingerprint density at radius 2 is 1.75 bits per heavy atom. The Balaban J connectivity index is 2.33. The Labute approximate surface area is 151 Å². The first-order valence-electron chi connectivity index (χ1n) is 7.41. The van der Waals surface area contributed by atoms with Crippen LogP contribution in [0.15, 0.2) is 51.8 Å². The van der Waals surface area contributed by atoms with Gasteiger partial charge in [0.1, 0.15) is 16.4 Å². The van der Waals surface area contributed by atoms with Crippen molar-refractivity contribution >= 4 is 26.0 Å². The molecule has 5 nitrogen and oxygen atoms in total. The zero-order valence-corrected chi connectivity index (χ0v) is 16.1. The zero-order valence-electron chi connectivity index (χ0n) is 13.7. The molecule has 0 heterocycles. The molecule has 130 valence electrons. The van der Waals surface area contributed by atoms with E-state index in [1.165, 1.54) is 13.2 Å². The molecular formula is C17H20BrNO4S. The quantitative estimate of drug-likeness (QED) is 0.747. The Kier molecular flexibility index (Phi) is 6.26. The van der Waals surface area contributed by atoms with Gasteiger partial charge in [-0.05, 0) is 42.3 Å². The minimum Gasteiger partial charge on any atom is -0.497 e. The van der Waals surface area contributed by atoms with Gasteiger partial charge in [-0.3, -0.25) is 0 Å². The van der Waals surface area contributed by atoms with Gasteiger partial charge in [-0.1, -0.05) is 35.0 Å². The van der Waals surface area contributed by atoms with E-state index < -0.39 is 10.0 Å². The van der Waals surface area contributed by atoms with E-state index in [4.69, 9.17) is 9.47 Å². The van der Waals surface area contributed by atoms with Crippen molar-refractivity contribution in [3.63, 3.8) is 0 Å². The molecule has 0 radical (unpaired) electrons. The second kappa shape index (κ2) is 8.00. The topological polar surface area (TPSA) is 64.6 Å². The molecule has 2 aromatic carbocycles. The Hall–Kier alpha value is -1.57. The molecule has 0 aromatic heterocycles. The smallest absolute Gasteiger partial charge is 0.244 e. The van der Waals surface area contributed by atoms with E-state index in [0.717, 1.165) is 11.3 Å². The minimum absolute atomic E-state index is 0.103. The molecule has 7 heteroatoms. The van der Waals surface area contributed by atoms with E-state index in [2.05, 4.69) is 20.7 Å². The molecular weight excluding hydrogens is 394 g/mol. The van der Waals surface area contributed by atoms with Gasteiger partial charge in [-0.15, -0.1) is 0 Å². The van der Waals surface area contributed by atoms with Crippen LogP contribution in [0.5, 0.6) is 11.5 Å². The molecule has 2 aromatic rings. The summed E-state index contributed by atoms with van der Waals surface area (Å²) in [6.07, 6.45) is 0.613. The lowest BCUT2D eigenvalue weighted by atomic mass is 10.1. The lowest BCUT2D eigenvalue weighted by molar-refractivity contribution is 0.401. The van der Waals surface area contributed by atoms with Gasteiger partial charge in [-0.25, -0.2) is 13.1 Å². The molecule has 0 spiro atoms. The van der Waals surface area contributed by atoms with Crippen LogP contribution in [0, 0.1) is 0 Å². The molecule has 1 atom stereocenters. The average molecular weight is 414 g/mol. The molecule has 0 aliphatic heterocycles. The predicted octanol–water partition coefficient (Wildman–Crippen LogP) is 3.90. The van der Waals surface area contributed by atoms with Crippen molar-refractivity contribution in [3.8, 4) is 11.5 Å². The van der Waals surface area contributed by atoms with E-state index in [9.17, 15) is 8.42 Å². The predicted molar refractivity (Wildman–Crippen MR) is 97.0 cm³/mol. The van der Waals surface area contributed by atoms with Crippen LogP contribution in [-0.2, 0) is 10.0 Å². The van der Waals surface area contributed by atoms with E-state index in [1.54, 1.807) is 19.2 Å². The zero-order chi connectivity index (χ0) is 17.7. The van der Waals surface area contributed by atoms with E-state index in [-0.39, 0.29) is 10.9 Å². The third-order valence-corrected chi connectivity index (χ3v) is 5.63. The van der Waals surface area contributed by atoms with Gasteiger partial charge in [0, 0.05) is 10.5 Å². The number of methoxy groups -OCH3 is 2.